The molecule has 0 unspecified atom stereocenters. The zero-order chi connectivity index (χ0) is 12.7. The van der Waals surface area contributed by atoms with Crippen LogP contribution in [-0.4, -0.2) is 22.0 Å². The Hall–Kier alpha value is -2.30. The van der Waals surface area contributed by atoms with Crippen molar-refractivity contribution in [3.05, 3.63) is 29.7 Å². The van der Waals surface area contributed by atoms with Gasteiger partial charge in [-0.25, -0.2) is 4.98 Å². The van der Waals surface area contributed by atoms with Gasteiger partial charge in [0.1, 0.15) is 5.82 Å². The monoisotopic (exact) mass is 242 g/mol. The van der Waals surface area contributed by atoms with Gasteiger partial charge in [-0.3, -0.25) is 0 Å². The summed E-state index contributed by atoms with van der Waals surface area (Å²) in [4.78, 5) is 11.9. The van der Waals surface area contributed by atoms with Crippen LogP contribution in [0.5, 0.6) is 0 Å². The van der Waals surface area contributed by atoms with Crippen LogP contribution in [0.25, 0.3) is 22.4 Å². The number of aromatic nitrogens is 3. The summed E-state index contributed by atoms with van der Waals surface area (Å²) < 4.78 is 5.65. The van der Waals surface area contributed by atoms with Crippen LogP contribution < -0.4 is 5.32 Å². The first-order valence-corrected chi connectivity index (χ1v) is 5.79. The van der Waals surface area contributed by atoms with Crippen LogP contribution in [0.2, 0.25) is 0 Å². The molecule has 0 aliphatic rings. The number of rotatable bonds is 2. The van der Waals surface area contributed by atoms with Crippen molar-refractivity contribution in [3.8, 4) is 11.3 Å². The van der Waals surface area contributed by atoms with Crippen LogP contribution in [-0.2, 0) is 0 Å². The summed E-state index contributed by atoms with van der Waals surface area (Å²) in [6.07, 6.45) is 0. The Morgan fingerprint density at radius 1 is 1.22 bits per heavy atom. The highest BCUT2D eigenvalue weighted by Gasteiger charge is 2.12. The Labute approximate surface area is 104 Å². The van der Waals surface area contributed by atoms with Gasteiger partial charge in [-0.05, 0) is 32.0 Å². The summed E-state index contributed by atoms with van der Waals surface area (Å²) >= 11 is 0. The Balaban J connectivity index is 2.15. The second kappa shape index (κ2) is 3.87. The molecule has 0 radical (unpaired) electrons. The van der Waals surface area contributed by atoms with E-state index in [9.17, 15) is 0 Å². The van der Waals surface area contributed by atoms with Gasteiger partial charge in [0.15, 0.2) is 5.76 Å². The third-order valence-corrected chi connectivity index (χ3v) is 2.87. The average molecular weight is 242 g/mol. The number of imidazole rings is 1. The van der Waals surface area contributed by atoms with Crippen molar-refractivity contribution >= 4 is 17.0 Å². The topological polar surface area (TPSA) is 66.7 Å². The number of nitrogens with zero attached hydrogens (tertiary/aromatic N) is 2. The maximum absolute atomic E-state index is 5.65. The molecule has 5 nitrogen and oxygen atoms in total. The number of anilines is 1. The van der Waals surface area contributed by atoms with Crippen molar-refractivity contribution in [2.75, 3.05) is 12.4 Å². The number of benzene rings is 1. The normalized spacial score (nSPS) is 11.1. The van der Waals surface area contributed by atoms with E-state index in [1.165, 1.54) is 0 Å². The largest absolute Gasteiger partial charge is 0.423 e. The van der Waals surface area contributed by atoms with E-state index in [-0.39, 0.29) is 0 Å². The number of aryl methyl sites for hydroxylation is 2. The molecule has 0 saturated carbocycles. The first-order chi connectivity index (χ1) is 8.67. The minimum Gasteiger partial charge on any atom is -0.423 e. The number of hydrogen-bond donors (Lipinski definition) is 2. The molecule has 0 atom stereocenters. The van der Waals surface area contributed by atoms with E-state index in [2.05, 4.69) is 20.3 Å². The van der Waals surface area contributed by atoms with Gasteiger partial charge in [0.2, 0.25) is 0 Å². The molecule has 2 aromatic heterocycles. The lowest BCUT2D eigenvalue weighted by atomic mass is 10.1. The average Bonchev–Trinajstić information content (AvgIpc) is 2.89. The molecule has 0 amide bonds. The highest BCUT2D eigenvalue weighted by Crippen LogP contribution is 2.28. The molecule has 3 aromatic rings. The number of oxazole rings is 1. The SMILES string of the molecule is CNc1nc(C)c(-c2ccc3nc(C)[nH]c3c2)o1. The summed E-state index contributed by atoms with van der Waals surface area (Å²) in [5.41, 5.74) is 3.83. The Kier molecular flexibility index (Phi) is 2.33. The van der Waals surface area contributed by atoms with E-state index in [4.69, 9.17) is 4.42 Å². The lowest BCUT2D eigenvalue weighted by molar-refractivity contribution is 0.589. The highest BCUT2D eigenvalue weighted by atomic mass is 16.4. The molecular formula is C13H14N4O. The third-order valence-electron chi connectivity index (χ3n) is 2.87. The standard InChI is InChI=1S/C13H14N4O/c1-7-12(18-13(14-3)15-7)9-4-5-10-11(6-9)17-8(2)16-10/h4-6H,1-3H3,(H,14,15)(H,16,17). The van der Waals surface area contributed by atoms with Gasteiger partial charge in [-0.2, -0.15) is 4.98 Å². The highest BCUT2D eigenvalue weighted by molar-refractivity contribution is 5.81. The predicted molar refractivity (Wildman–Crippen MR) is 70.6 cm³/mol. The maximum atomic E-state index is 5.65. The van der Waals surface area contributed by atoms with Crippen LogP contribution in [0.4, 0.5) is 6.01 Å². The zero-order valence-corrected chi connectivity index (χ0v) is 10.5. The molecule has 18 heavy (non-hydrogen) atoms. The van der Waals surface area contributed by atoms with Crippen LogP contribution in [0.3, 0.4) is 0 Å². The molecule has 92 valence electrons. The minimum atomic E-state index is 0.531. The summed E-state index contributed by atoms with van der Waals surface area (Å²) in [5, 5.41) is 2.90. The zero-order valence-electron chi connectivity index (χ0n) is 10.5. The smallest absolute Gasteiger partial charge is 0.295 e. The number of aromatic amines is 1. The van der Waals surface area contributed by atoms with Gasteiger partial charge in [0.05, 0.1) is 16.7 Å². The van der Waals surface area contributed by atoms with E-state index in [0.717, 1.165) is 33.9 Å². The summed E-state index contributed by atoms with van der Waals surface area (Å²) in [7, 11) is 1.79. The Bertz CT molecular complexity index is 711. The summed E-state index contributed by atoms with van der Waals surface area (Å²) in [6.45, 7) is 3.88. The van der Waals surface area contributed by atoms with Gasteiger partial charge >= 0.3 is 0 Å². The Morgan fingerprint density at radius 2 is 2.06 bits per heavy atom. The molecule has 0 fully saturated rings. The lowest BCUT2D eigenvalue weighted by Gasteiger charge is -1.97. The molecule has 0 aliphatic heterocycles. The third kappa shape index (κ3) is 1.64. The van der Waals surface area contributed by atoms with E-state index >= 15 is 0 Å². The van der Waals surface area contributed by atoms with Crippen molar-refractivity contribution in [2.45, 2.75) is 13.8 Å². The van der Waals surface area contributed by atoms with E-state index in [0.29, 0.717) is 6.01 Å². The molecule has 5 heteroatoms. The summed E-state index contributed by atoms with van der Waals surface area (Å²) in [5.74, 6) is 1.70. The number of hydrogen-bond acceptors (Lipinski definition) is 4. The summed E-state index contributed by atoms with van der Waals surface area (Å²) in [6, 6.07) is 6.54. The second-order valence-electron chi connectivity index (χ2n) is 4.24. The fraction of sp³-hybridized carbons (Fsp3) is 0.231. The molecule has 2 heterocycles. The van der Waals surface area contributed by atoms with Crippen molar-refractivity contribution < 1.29 is 4.42 Å². The molecule has 0 bridgehead atoms. The molecule has 2 N–H and O–H groups in total. The van der Waals surface area contributed by atoms with Crippen molar-refractivity contribution in [1.29, 1.82) is 0 Å². The fourth-order valence-corrected chi connectivity index (χ4v) is 2.05. The van der Waals surface area contributed by atoms with Gasteiger partial charge in [-0.15, -0.1) is 0 Å². The maximum Gasteiger partial charge on any atom is 0.295 e. The second-order valence-corrected chi connectivity index (χ2v) is 4.24. The van der Waals surface area contributed by atoms with E-state index in [1.54, 1.807) is 7.05 Å². The molecule has 1 aromatic carbocycles. The fourth-order valence-electron chi connectivity index (χ4n) is 2.05. The predicted octanol–water partition coefficient (Wildman–Crippen LogP) is 2.88. The minimum absolute atomic E-state index is 0.531. The lowest BCUT2D eigenvalue weighted by Crippen LogP contribution is -1.85. The molecule has 0 spiro atoms. The number of fused-ring (bicyclic) bond motifs is 1. The number of H-pyrrole nitrogens is 1. The first-order valence-electron chi connectivity index (χ1n) is 5.79. The van der Waals surface area contributed by atoms with Crippen LogP contribution in [0.15, 0.2) is 22.6 Å². The number of nitrogens with one attached hydrogen (secondary N) is 2. The van der Waals surface area contributed by atoms with Crippen LogP contribution in [0.1, 0.15) is 11.5 Å². The molecule has 0 aliphatic carbocycles. The quantitative estimate of drug-likeness (QED) is 0.725. The van der Waals surface area contributed by atoms with Gasteiger partial charge in [0, 0.05) is 12.6 Å². The van der Waals surface area contributed by atoms with Crippen molar-refractivity contribution in [3.63, 3.8) is 0 Å². The molecular weight excluding hydrogens is 228 g/mol. The Morgan fingerprint density at radius 3 is 2.78 bits per heavy atom. The van der Waals surface area contributed by atoms with Crippen LogP contribution >= 0.6 is 0 Å². The van der Waals surface area contributed by atoms with E-state index in [1.807, 2.05) is 32.0 Å². The molecule has 3 rings (SSSR count). The van der Waals surface area contributed by atoms with Gasteiger partial charge < -0.3 is 14.7 Å². The van der Waals surface area contributed by atoms with Gasteiger partial charge in [0.25, 0.3) is 6.01 Å². The first kappa shape index (κ1) is 10.8. The van der Waals surface area contributed by atoms with Crippen molar-refractivity contribution in [1.82, 2.24) is 15.0 Å². The van der Waals surface area contributed by atoms with E-state index < -0.39 is 0 Å². The van der Waals surface area contributed by atoms with Crippen LogP contribution in [0, 0.1) is 13.8 Å². The van der Waals surface area contributed by atoms with Gasteiger partial charge in [-0.1, -0.05) is 0 Å². The van der Waals surface area contributed by atoms with Crippen molar-refractivity contribution in [2.24, 2.45) is 0 Å². The molecule has 0 saturated heterocycles.